The summed E-state index contributed by atoms with van der Waals surface area (Å²) < 4.78 is 17.6. The maximum atomic E-state index is 13.5. The summed E-state index contributed by atoms with van der Waals surface area (Å²) >= 11 is 0. The number of ether oxygens (including phenoxy) is 3. The molecule has 0 saturated carbocycles. The minimum absolute atomic E-state index is 0.0939. The van der Waals surface area contributed by atoms with E-state index in [1.54, 1.807) is 6.08 Å². The SMILES string of the molecule is CCCCC/C=C\C/C=C\C/C=C\CCCCCCCCCC(O)C(=O)NC(COC1OC(CO)C(O)C(O)C1OC(=O)CCCCCC/C=C\C/C=C\C/C=C\CCCCC)C(O)/C=C/CCCCCCCCCCCCC. The summed E-state index contributed by atoms with van der Waals surface area (Å²) in [7, 11) is 0. The normalized spacial score (nSPS) is 19.4. The first-order valence-corrected chi connectivity index (χ1v) is 32.4. The van der Waals surface area contributed by atoms with E-state index in [4.69, 9.17) is 14.2 Å². The quantitative estimate of drug-likeness (QED) is 0.0195. The van der Waals surface area contributed by atoms with Crippen LogP contribution in [0.4, 0.5) is 0 Å². The van der Waals surface area contributed by atoms with Crippen LogP contribution < -0.4 is 5.32 Å². The van der Waals surface area contributed by atoms with Crippen molar-refractivity contribution in [2.45, 2.75) is 320 Å². The van der Waals surface area contributed by atoms with Crippen LogP contribution in [0.1, 0.15) is 271 Å². The molecule has 8 atom stereocenters. The van der Waals surface area contributed by atoms with E-state index >= 15 is 0 Å². The van der Waals surface area contributed by atoms with Gasteiger partial charge in [0, 0.05) is 6.42 Å². The Bertz CT molecular complexity index is 1610. The molecule has 1 aliphatic rings. The fraction of sp³-hybridized carbons (Fsp3) is 0.765. The minimum atomic E-state index is -1.63. The standard InChI is InChI=1S/C68H119NO10/c1-4-7-10-13-16-19-22-25-27-29-30-31-33-34-37-40-43-46-49-52-55-61(72)67(76)69-59(60(71)54-51-48-45-42-39-36-24-21-18-15-12-9-6-3)58-77-68-66(65(75)64(74)62(57-70)78-68)79-63(73)56-53-50-47-44-41-38-35-32-28-26-23-20-17-14-11-8-5-2/h16-17,19-20,25-28,30-31,35,38,51,54,59-62,64-66,68,70-72,74-75H,4-15,18,21-24,29,32-34,36-37,39-50,52-53,55-58H2,1-3H3,(H,69,76)/b19-16-,20-17-,27-25-,28-26-,31-30-,38-35-,54-51+. The smallest absolute Gasteiger partial charge is 0.306 e. The lowest BCUT2D eigenvalue weighted by atomic mass is 9.99. The molecule has 1 rings (SSSR count). The first kappa shape index (κ1) is 73.9. The number of carbonyl (C=O) groups excluding carboxylic acids is 2. The second kappa shape index (κ2) is 55.4. The van der Waals surface area contributed by atoms with Crippen LogP contribution in [0.5, 0.6) is 0 Å². The Kier molecular flexibility index (Phi) is 51.8. The van der Waals surface area contributed by atoms with Crippen LogP contribution in [-0.2, 0) is 23.8 Å². The summed E-state index contributed by atoms with van der Waals surface area (Å²) in [5.74, 6) is -1.23. The Labute approximate surface area is 483 Å². The maximum Gasteiger partial charge on any atom is 0.306 e. The molecule has 11 heteroatoms. The highest BCUT2D eigenvalue weighted by atomic mass is 16.7. The van der Waals surface area contributed by atoms with E-state index in [1.165, 1.54) is 116 Å². The Hall–Kier alpha value is -3.16. The molecule has 456 valence electrons. The number of aliphatic hydroxyl groups excluding tert-OH is 5. The van der Waals surface area contributed by atoms with Crippen LogP contribution in [0.15, 0.2) is 85.1 Å². The second-order valence-electron chi connectivity index (χ2n) is 22.1. The average Bonchev–Trinajstić information content (AvgIpc) is 3.49. The molecule has 0 spiro atoms. The van der Waals surface area contributed by atoms with Crippen molar-refractivity contribution in [1.29, 1.82) is 0 Å². The Morgan fingerprint density at radius 2 is 0.873 bits per heavy atom. The summed E-state index contributed by atoms with van der Waals surface area (Å²) in [6, 6.07) is -1.04. The van der Waals surface area contributed by atoms with Gasteiger partial charge in [0.2, 0.25) is 5.91 Å². The predicted molar refractivity (Wildman–Crippen MR) is 329 cm³/mol. The number of allylic oxidation sites excluding steroid dienone is 13. The van der Waals surface area contributed by atoms with Gasteiger partial charge in [-0.3, -0.25) is 9.59 Å². The summed E-state index contributed by atoms with van der Waals surface area (Å²) in [4.78, 5) is 26.6. The zero-order valence-corrected chi connectivity index (χ0v) is 50.5. The van der Waals surface area contributed by atoms with E-state index in [-0.39, 0.29) is 19.4 Å². The highest BCUT2D eigenvalue weighted by Gasteiger charge is 2.47. The molecule has 1 amide bonds. The summed E-state index contributed by atoms with van der Waals surface area (Å²) in [6.45, 7) is 5.73. The third-order valence-corrected chi connectivity index (χ3v) is 14.8. The van der Waals surface area contributed by atoms with Crippen LogP contribution in [0.2, 0.25) is 0 Å². The second-order valence-corrected chi connectivity index (χ2v) is 22.1. The Morgan fingerprint density at radius 3 is 1.33 bits per heavy atom. The minimum Gasteiger partial charge on any atom is -0.454 e. The summed E-state index contributed by atoms with van der Waals surface area (Å²) in [6.07, 6.45) is 61.8. The number of esters is 1. The van der Waals surface area contributed by atoms with Gasteiger partial charge in [-0.2, -0.15) is 0 Å². The van der Waals surface area contributed by atoms with Crippen molar-refractivity contribution in [2.75, 3.05) is 13.2 Å². The number of rotatable bonds is 54. The topological polar surface area (TPSA) is 175 Å². The molecule has 1 heterocycles. The van der Waals surface area contributed by atoms with Crippen molar-refractivity contribution < 1.29 is 49.3 Å². The number of nitrogens with one attached hydrogen (secondary N) is 1. The van der Waals surface area contributed by atoms with E-state index in [1.807, 2.05) is 6.08 Å². The molecule has 1 saturated heterocycles. The van der Waals surface area contributed by atoms with Gasteiger partial charge in [-0.25, -0.2) is 0 Å². The molecule has 0 aromatic rings. The van der Waals surface area contributed by atoms with Crippen LogP contribution in [0.25, 0.3) is 0 Å². The summed E-state index contributed by atoms with van der Waals surface area (Å²) in [5.41, 5.74) is 0. The number of unbranched alkanes of at least 4 members (excludes halogenated alkanes) is 28. The van der Waals surface area contributed by atoms with Gasteiger partial charge in [-0.05, 0) is 103 Å². The number of amides is 1. The molecule has 1 aliphatic heterocycles. The van der Waals surface area contributed by atoms with Gasteiger partial charge in [-0.1, -0.05) is 247 Å². The van der Waals surface area contributed by atoms with E-state index in [2.05, 4.69) is 99.0 Å². The van der Waals surface area contributed by atoms with E-state index in [9.17, 15) is 35.1 Å². The van der Waals surface area contributed by atoms with Gasteiger partial charge in [-0.15, -0.1) is 0 Å². The van der Waals surface area contributed by atoms with Crippen molar-refractivity contribution >= 4 is 11.9 Å². The maximum absolute atomic E-state index is 13.5. The van der Waals surface area contributed by atoms with Gasteiger partial charge in [0.15, 0.2) is 12.4 Å². The fourth-order valence-electron chi connectivity index (χ4n) is 9.61. The van der Waals surface area contributed by atoms with Crippen molar-refractivity contribution in [1.82, 2.24) is 5.32 Å². The molecule has 6 N–H and O–H groups in total. The molecule has 0 radical (unpaired) electrons. The monoisotopic (exact) mass is 1110 g/mol. The predicted octanol–water partition coefficient (Wildman–Crippen LogP) is 15.7. The van der Waals surface area contributed by atoms with E-state index in [0.717, 1.165) is 109 Å². The highest BCUT2D eigenvalue weighted by Crippen LogP contribution is 2.26. The van der Waals surface area contributed by atoms with Crippen molar-refractivity contribution in [3.63, 3.8) is 0 Å². The van der Waals surface area contributed by atoms with Crippen LogP contribution in [-0.4, -0.2) is 99.6 Å². The van der Waals surface area contributed by atoms with Gasteiger partial charge >= 0.3 is 5.97 Å². The van der Waals surface area contributed by atoms with E-state index < -0.39 is 67.4 Å². The Morgan fingerprint density at radius 1 is 0.494 bits per heavy atom. The van der Waals surface area contributed by atoms with Crippen molar-refractivity contribution in [3.8, 4) is 0 Å². The molecule has 8 unspecified atom stereocenters. The van der Waals surface area contributed by atoms with Crippen LogP contribution >= 0.6 is 0 Å². The molecule has 0 aliphatic carbocycles. The lowest BCUT2D eigenvalue weighted by molar-refractivity contribution is -0.305. The average molecular weight is 1110 g/mol. The third kappa shape index (κ3) is 43.2. The van der Waals surface area contributed by atoms with Crippen molar-refractivity contribution in [2.24, 2.45) is 0 Å². The molecule has 11 nitrogen and oxygen atoms in total. The van der Waals surface area contributed by atoms with Crippen LogP contribution in [0.3, 0.4) is 0 Å². The molecule has 79 heavy (non-hydrogen) atoms. The molecular formula is C68H119NO10. The van der Waals surface area contributed by atoms with Gasteiger partial charge in [0.25, 0.3) is 0 Å². The lowest BCUT2D eigenvalue weighted by Gasteiger charge is -2.41. The third-order valence-electron chi connectivity index (χ3n) is 14.8. The molecule has 1 fully saturated rings. The van der Waals surface area contributed by atoms with E-state index in [0.29, 0.717) is 12.8 Å². The number of aliphatic hydroxyl groups is 5. The zero-order chi connectivity index (χ0) is 57.5. The molecule has 0 bridgehead atoms. The number of carbonyl (C=O) groups is 2. The van der Waals surface area contributed by atoms with Crippen LogP contribution in [0, 0.1) is 0 Å². The largest absolute Gasteiger partial charge is 0.454 e. The highest BCUT2D eigenvalue weighted by molar-refractivity contribution is 5.80. The van der Waals surface area contributed by atoms with Gasteiger partial charge in [0.1, 0.15) is 24.4 Å². The molecule has 0 aromatic heterocycles. The molecule has 0 aromatic carbocycles. The number of hydrogen-bond acceptors (Lipinski definition) is 10. The summed E-state index contributed by atoms with van der Waals surface area (Å²) in [5, 5.41) is 57.1. The van der Waals surface area contributed by atoms with Gasteiger partial charge < -0.3 is 45.1 Å². The first-order chi connectivity index (χ1) is 38.7. The fourth-order valence-corrected chi connectivity index (χ4v) is 9.61. The zero-order valence-electron chi connectivity index (χ0n) is 50.5. The first-order valence-electron chi connectivity index (χ1n) is 32.4. The lowest BCUT2D eigenvalue weighted by Crippen LogP contribution is -2.61. The Balaban J connectivity index is 2.70. The molecular weight excluding hydrogens is 991 g/mol. The van der Waals surface area contributed by atoms with Gasteiger partial charge in [0.05, 0.1) is 25.4 Å². The number of hydrogen-bond donors (Lipinski definition) is 6. The van der Waals surface area contributed by atoms with Crippen molar-refractivity contribution in [3.05, 3.63) is 85.1 Å².